The topological polar surface area (TPSA) is 171 Å². The van der Waals surface area contributed by atoms with Gasteiger partial charge in [0.25, 0.3) is 12.4 Å². The molecule has 85 heavy (non-hydrogen) atoms. The van der Waals surface area contributed by atoms with E-state index in [1.807, 2.05) is 101 Å². The molecule has 0 spiro atoms. The van der Waals surface area contributed by atoms with Crippen LogP contribution in [-0.2, 0) is 57.9 Å². The minimum Gasteiger partial charge on any atom is -0.461 e. The molecule has 0 heterocycles. The summed E-state index contributed by atoms with van der Waals surface area (Å²) >= 11 is 3.38. The van der Waals surface area contributed by atoms with Crippen molar-refractivity contribution in [3.63, 3.8) is 0 Å². The summed E-state index contributed by atoms with van der Waals surface area (Å²) in [5.74, 6) is 3.58. The van der Waals surface area contributed by atoms with E-state index in [4.69, 9.17) is 9.47 Å². The lowest BCUT2D eigenvalue weighted by molar-refractivity contribution is -0.165. The number of amides is 1. The van der Waals surface area contributed by atoms with Gasteiger partial charge in [0, 0.05) is 31.8 Å². The van der Waals surface area contributed by atoms with E-state index in [0.717, 1.165) is 30.0 Å². The highest BCUT2D eigenvalue weighted by Gasteiger charge is 2.33. The normalized spacial score (nSPS) is 12.6. The number of benzene rings is 2. The Morgan fingerprint density at radius 2 is 1.02 bits per heavy atom. The maximum absolute atomic E-state index is 12.8. The van der Waals surface area contributed by atoms with Gasteiger partial charge in [-0.2, -0.15) is 0 Å². The van der Waals surface area contributed by atoms with Crippen LogP contribution in [0, 0.1) is 67.1 Å². The van der Waals surface area contributed by atoms with Gasteiger partial charge in [-0.05, 0) is 114 Å². The molecule has 0 aliphatic rings. The molecule has 0 saturated heterocycles. The van der Waals surface area contributed by atoms with Crippen LogP contribution < -0.4 is 0 Å². The molecule has 7 unspecified atom stereocenters. The molecule has 13 nitrogen and oxygen atoms in total. The number of ketones is 3. The number of rotatable bonds is 29. The summed E-state index contributed by atoms with van der Waals surface area (Å²) in [6, 6.07) is 17.5. The van der Waals surface area contributed by atoms with E-state index in [-0.39, 0.29) is 66.0 Å². The first kappa shape index (κ1) is 91.2. The summed E-state index contributed by atoms with van der Waals surface area (Å²) in [5.41, 5.74) is 4.14. The van der Waals surface area contributed by atoms with E-state index in [1.165, 1.54) is 46.9 Å². The quantitative estimate of drug-likeness (QED) is 0.0249. The number of likely N-dealkylation sites (N-methyl/N-ethyl adjacent to an activating group) is 2. The molecule has 0 radical (unpaired) electrons. The zero-order valence-electron chi connectivity index (χ0n) is 58.7. The number of Topliss-reactive ketones (excluding diaryl/α,β-unsaturated/α-hetero) is 3. The van der Waals surface area contributed by atoms with Crippen molar-refractivity contribution in [2.75, 3.05) is 27.3 Å². The molecule has 0 aliphatic carbocycles. The molecule has 1 amide bonds. The number of esters is 2. The maximum Gasteiger partial charge on any atom is 0.329 e. The molecule has 14 heteroatoms. The van der Waals surface area contributed by atoms with E-state index in [0.29, 0.717) is 55.6 Å². The third kappa shape index (κ3) is 49.8. The fourth-order valence-corrected chi connectivity index (χ4v) is 8.33. The third-order valence-electron chi connectivity index (χ3n) is 13.5. The van der Waals surface area contributed by atoms with Gasteiger partial charge in [0.2, 0.25) is 0 Å². The number of alkyl halides is 1. The van der Waals surface area contributed by atoms with Crippen molar-refractivity contribution in [2.24, 2.45) is 53.3 Å². The van der Waals surface area contributed by atoms with Gasteiger partial charge < -0.3 is 24.0 Å². The summed E-state index contributed by atoms with van der Waals surface area (Å²) in [5, 5.41) is 0.952. The number of halogens is 1. The Balaban J connectivity index is -0.000000244. The summed E-state index contributed by atoms with van der Waals surface area (Å²) in [6.07, 6.45) is 5.17. The predicted octanol–water partition coefficient (Wildman–Crippen LogP) is 17.1. The SMILES string of the molecule is CC.CC.CC(=O)C(CC(C)C)N(C)C(=C=O)COC=O.CC(C)CC(C)C.CCC(C)C(C)C(C)=O.CCCC(=O)C(C)OC(=O)C(CC(C)C)N(C)C(=O)COC(=O)C(CC(C)C)C(C)CC.Cc1ccc(CBr)cc1.Cc1ccccc1. The lowest BCUT2D eigenvalue weighted by atomic mass is 9.85. The number of hydrogen-bond donors (Lipinski definition) is 0. The van der Waals surface area contributed by atoms with Crippen molar-refractivity contribution in [3.8, 4) is 0 Å². The van der Waals surface area contributed by atoms with Gasteiger partial charge in [0.05, 0.1) is 12.0 Å². The van der Waals surface area contributed by atoms with Gasteiger partial charge in [-0.3, -0.25) is 28.8 Å². The average molecular weight is 1260 g/mol. The molecule has 2 rings (SSSR count). The number of carbonyl (C=O) groups excluding carboxylic acids is 8. The van der Waals surface area contributed by atoms with Crippen LogP contribution in [0.25, 0.3) is 0 Å². The van der Waals surface area contributed by atoms with Crippen molar-refractivity contribution in [1.82, 2.24) is 9.80 Å². The number of hydrogen-bond acceptors (Lipinski definition) is 12. The van der Waals surface area contributed by atoms with Crippen molar-refractivity contribution < 1.29 is 52.6 Å². The minimum absolute atomic E-state index is 0.0277. The first-order chi connectivity index (χ1) is 39.7. The average Bonchev–Trinajstić information content (AvgIpc) is 3.50. The standard InChI is InChI=1S/C25H45NO6.C12H19NO4.C8H9Br.C8H16O.C7H8.C7H16.2C2H6/c1-10-12-22(27)19(8)32-25(30)21(14-17(5)6)26(9)23(28)15-31-24(29)20(13-16(3)4)18(7)11-2;1-9(2)5-12(10(3)16)13(4)11(6-14)7-17-8-15;1-7-2-4-8(6-9)5-3-7;1-5-6(2)7(3)8(4)9;1-7-5-3-2-4-6-7;1-6(2)5-7(3)4;2*1-2/h16-21H,10-15H2,1-9H3;8-9,12H,5,7H2,1-4H3;2-5H,6H2,1H3;6-7H,5H2,1-4H3;2-6H,1H3;6-7H,5H2,1-4H3;2*1-2H3. The van der Waals surface area contributed by atoms with E-state index in [9.17, 15) is 38.4 Å². The Morgan fingerprint density at radius 3 is 1.35 bits per heavy atom. The summed E-state index contributed by atoms with van der Waals surface area (Å²) in [4.78, 5) is 96.1. The second kappa shape index (κ2) is 56.8. The van der Waals surface area contributed by atoms with Gasteiger partial charge in [-0.15, -0.1) is 0 Å². The zero-order valence-corrected chi connectivity index (χ0v) is 60.3. The van der Waals surface area contributed by atoms with E-state index >= 15 is 0 Å². The lowest BCUT2D eigenvalue weighted by Crippen LogP contribution is -2.47. The number of nitrogens with zero attached hydrogens (tertiary/aromatic N) is 2. The fourth-order valence-electron chi connectivity index (χ4n) is 7.95. The van der Waals surface area contributed by atoms with Crippen LogP contribution in [-0.4, -0.2) is 103 Å². The van der Waals surface area contributed by atoms with E-state index in [2.05, 4.69) is 126 Å². The number of aryl methyl sites for hydroxylation is 2. The number of ether oxygens (including phenoxy) is 3. The smallest absolute Gasteiger partial charge is 0.329 e. The van der Waals surface area contributed by atoms with Crippen molar-refractivity contribution in [2.45, 2.75) is 248 Å². The first-order valence-electron chi connectivity index (χ1n) is 31.5. The fraction of sp³-hybridized carbons (Fsp3) is 0.704. The Labute approximate surface area is 528 Å². The monoisotopic (exact) mass is 1260 g/mol. The van der Waals surface area contributed by atoms with Crippen molar-refractivity contribution in [3.05, 3.63) is 77.0 Å². The molecular weight excluding hydrogens is 1140 g/mol. The highest BCUT2D eigenvalue weighted by molar-refractivity contribution is 9.08. The van der Waals surface area contributed by atoms with Gasteiger partial charge >= 0.3 is 11.9 Å². The first-order valence-corrected chi connectivity index (χ1v) is 32.7. The Kier molecular flexibility index (Phi) is 61.0. The highest BCUT2D eigenvalue weighted by atomic mass is 79.9. The molecule has 492 valence electrons. The molecule has 2 aromatic rings. The van der Waals surface area contributed by atoms with Crippen LogP contribution >= 0.6 is 15.9 Å². The minimum atomic E-state index is -0.856. The Morgan fingerprint density at radius 1 is 0.576 bits per heavy atom. The molecule has 0 aliphatic heterocycles. The molecule has 0 bridgehead atoms. The summed E-state index contributed by atoms with van der Waals surface area (Å²) in [6.45, 7) is 49.7. The highest BCUT2D eigenvalue weighted by Crippen LogP contribution is 2.25. The Bertz CT molecular complexity index is 2060. The largest absolute Gasteiger partial charge is 0.461 e. The van der Waals surface area contributed by atoms with Crippen molar-refractivity contribution in [1.29, 1.82) is 0 Å². The molecule has 2 aromatic carbocycles. The molecule has 7 atom stereocenters. The van der Waals surface area contributed by atoms with Crippen molar-refractivity contribution >= 4 is 63.5 Å². The van der Waals surface area contributed by atoms with Crippen LogP contribution in [0.2, 0.25) is 0 Å². The van der Waals surface area contributed by atoms with Crippen LogP contribution in [0.4, 0.5) is 0 Å². The molecule has 0 saturated carbocycles. The van der Waals surface area contributed by atoms with Gasteiger partial charge in [0.1, 0.15) is 30.1 Å². The molecule has 0 fully saturated rings. The zero-order chi connectivity index (χ0) is 67.5. The molecule has 0 N–H and O–H groups in total. The van der Waals surface area contributed by atoms with Crippen LogP contribution in [0.1, 0.15) is 227 Å². The summed E-state index contributed by atoms with van der Waals surface area (Å²) in [7, 11) is 3.13. The second-order valence-electron chi connectivity index (χ2n) is 23.6. The van der Waals surface area contributed by atoms with Crippen LogP contribution in [0.5, 0.6) is 0 Å². The summed E-state index contributed by atoms with van der Waals surface area (Å²) < 4.78 is 15.2. The molecular formula is C71H125BrN2O11. The van der Waals surface area contributed by atoms with Crippen LogP contribution in [0.15, 0.2) is 60.3 Å². The van der Waals surface area contributed by atoms with E-state index in [1.54, 1.807) is 26.8 Å². The number of carbonyl (C=O) groups is 7. The predicted molar refractivity (Wildman–Crippen MR) is 359 cm³/mol. The lowest BCUT2D eigenvalue weighted by Gasteiger charge is -2.29. The van der Waals surface area contributed by atoms with Crippen LogP contribution in [0.3, 0.4) is 0 Å². The Hall–Kier alpha value is -4.94. The molecule has 0 aromatic heterocycles. The van der Waals surface area contributed by atoms with Gasteiger partial charge in [-0.1, -0.05) is 233 Å². The van der Waals surface area contributed by atoms with E-state index < -0.39 is 30.6 Å². The van der Waals surface area contributed by atoms with Gasteiger partial charge in [0.15, 0.2) is 24.3 Å². The maximum atomic E-state index is 12.8. The third-order valence-corrected chi connectivity index (χ3v) is 14.2. The van der Waals surface area contributed by atoms with Gasteiger partial charge in [-0.25, -0.2) is 9.59 Å². The second-order valence-corrected chi connectivity index (χ2v) is 24.1.